The highest BCUT2D eigenvalue weighted by atomic mass is 19.3. The van der Waals surface area contributed by atoms with E-state index in [1.54, 1.807) is 0 Å². The van der Waals surface area contributed by atoms with Gasteiger partial charge in [0, 0.05) is 49.6 Å². The number of nitrogens with one attached hydrogen (secondary N) is 2. The van der Waals surface area contributed by atoms with E-state index in [-0.39, 0.29) is 28.7 Å². The van der Waals surface area contributed by atoms with Crippen LogP contribution in [0.4, 0.5) is 29.6 Å². The number of piperazine rings is 1. The molecule has 1 amide bonds. The molecule has 2 N–H and O–H groups in total. The van der Waals surface area contributed by atoms with E-state index in [0.717, 1.165) is 6.54 Å². The number of halogens is 3. The molecule has 148 valence electrons. The lowest BCUT2D eigenvalue weighted by Crippen LogP contribution is -2.49. The standard InChI is InChI=1S/C18H18F3N5O2/c1-9-8-26(5-4-22-9)13-7-10(19)6-12(24-13)11-2-3-23-17-14(11)15(16(20)21)28-18(27)25-17/h2-3,6-7,9,15-16,22H,4-5,8H2,1H3,(H,23,25,27)/t9-,15+/m0/s1. The normalized spacial score (nSPS) is 21.9. The van der Waals surface area contributed by atoms with Gasteiger partial charge in [0.15, 0.2) is 6.10 Å². The van der Waals surface area contributed by atoms with Crippen LogP contribution in [-0.4, -0.2) is 48.2 Å². The zero-order valence-corrected chi connectivity index (χ0v) is 15.0. The van der Waals surface area contributed by atoms with Crippen molar-refractivity contribution in [1.29, 1.82) is 0 Å². The summed E-state index contributed by atoms with van der Waals surface area (Å²) in [6.07, 6.45) is -4.43. The van der Waals surface area contributed by atoms with Crippen molar-refractivity contribution in [2.24, 2.45) is 0 Å². The van der Waals surface area contributed by atoms with Gasteiger partial charge in [0.2, 0.25) is 0 Å². The second kappa shape index (κ2) is 7.27. The molecule has 0 unspecified atom stereocenters. The number of hydrogen-bond acceptors (Lipinski definition) is 6. The first-order chi connectivity index (χ1) is 13.4. The highest BCUT2D eigenvalue weighted by Crippen LogP contribution is 2.40. The number of carbonyl (C=O) groups is 1. The first kappa shape index (κ1) is 18.5. The first-order valence-corrected chi connectivity index (χ1v) is 8.83. The zero-order chi connectivity index (χ0) is 19.8. The van der Waals surface area contributed by atoms with Gasteiger partial charge in [-0.2, -0.15) is 0 Å². The van der Waals surface area contributed by atoms with Gasteiger partial charge in [-0.05, 0) is 13.0 Å². The van der Waals surface area contributed by atoms with Crippen LogP contribution < -0.4 is 15.5 Å². The number of fused-ring (bicyclic) bond motifs is 1. The minimum atomic E-state index is -2.96. The second-order valence-electron chi connectivity index (χ2n) is 6.74. The smallest absolute Gasteiger partial charge is 0.413 e. The summed E-state index contributed by atoms with van der Waals surface area (Å²) in [7, 11) is 0. The van der Waals surface area contributed by atoms with E-state index in [2.05, 4.69) is 20.6 Å². The van der Waals surface area contributed by atoms with Gasteiger partial charge in [-0.25, -0.2) is 27.9 Å². The number of amides is 1. The maximum atomic E-state index is 14.4. The molecule has 2 atom stereocenters. The maximum Gasteiger partial charge on any atom is 0.413 e. The average Bonchev–Trinajstić information content (AvgIpc) is 2.66. The predicted molar refractivity (Wildman–Crippen MR) is 96.0 cm³/mol. The van der Waals surface area contributed by atoms with E-state index in [1.165, 1.54) is 24.4 Å². The zero-order valence-electron chi connectivity index (χ0n) is 15.0. The van der Waals surface area contributed by atoms with Crippen LogP contribution in [-0.2, 0) is 4.74 Å². The van der Waals surface area contributed by atoms with Crippen LogP contribution in [0.5, 0.6) is 0 Å². The van der Waals surface area contributed by atoms with Crippen molar-refractivity contribution in [2.75, 3.05) is 29.9 Å². The van der Waals surface area contributed by atoms with Crippen molar-refractivity contribution >= 4 is 17.7 Å². The monoisotopic (exact) mass is 393 g/mol. The Balaban J connectivity index is 1.80. The fourth-order valence-electron chi connectivity index (χ4n) is 3.49. The summed E-state index contributed by atoms with van der Waals surface area (Å²) in [4.78, 5) is 21.9. The van der Waals surface area contributed by atoms with Gasteiger partial charge in [0.25, 0.3) is 6.43 Å². The number of ether oxygens (including phenoxy) is 1. The summed E-state index contributed by atoms with van der Waals surface area (Å²) in [5.41, 5.74) is 0.388. The molecule has 1 fully saturated rings. The lowest BCUT2D eigenvalue weighted by molar-refractivity contribution is -0.0168. The van der Waals surface area contributed by atoms with Crippen LogP contribution in [0.2, 0.25) is 0 Å². The van der Waals surface area contributed by atoms with E-state index < -0.39 is 24.4 Å². The molecule has 1 saturated heterocycles. The molecule has 2 aromatic heterocycles. The molecule has 2 aromatic rings. The van der Waals surface area contributed by atoms with Crippen molar-refractivity contribution in [3.63, 3.8) is 0 Å². The molecule has 0 aromatic carbocycles. The SMILES string of the molecule is C[C@H]1CN(c2cc(F)cc(-c3ccnc4c3[C@H](C(F)F)OC(=O)N4)n2)CCN1. The molecule has 28 heavy (non-hydrogen) atoms. The minimum absolute atomic E-state index is 0.0187. The van der Waals surface area contributed by atoms with Gasteiger partial charge in [-0.3, -0.25) is 5.32 Å². The number of hydrogen-bond donors (Lipinski definition) is 2. The quantitative estimate of drug-likeness (QED) is 0.835. The molecular weight excluding hydrogens is 375 g/mol. The van der Waals surface area contributed by atoms with Gasteiger partial charge in [0.1, 0.15) is 17.5 Å². The second-order valence-corrected chi connectivity index (χ2v) is 6.74. The number of anilines is 2. The molecule has 0 bridgehead atoms. The minimum Gasteiger partial charge on any atom is -0.435 e. The number of carbonyl (C=O) groups excluding carboxylic acids is 1. The number of aromatic nitrogens is 2. The third kappa shape index (κ3) is 3.47. The summed E-state index contributed by atoms with van der Waals surface area (Å²) in [5.74, 6) is -0.156. The molecule has 4 heterocycles. The number of pyridine rings is 2. The summed E-state index contributed by atoms with van der Waals surface area (Å²) in [6, 6.07) is 4.16. The van der Waals surface area contributed by atoms with Crippen molar-refractivity contribution in [3.8, 4) is 11.3 Å². The van der Waals surface area contributed by atoms with Crippen molar-refractivity contribution in [2.45, 2.75) is 25.5 Å². The number of alkyl halides is 2. The van der Waals surface area contributed by atoms with E-state index in [1.807, 2.05) is 11.8 Å². The fourth-order valence-corrected chi connectivity index (χ4v) is 3.49. The van der Waals surface area contributed by atoms with Crippen LogP contribution in [0.3, 0.4) is 0 Å². The van der Waals surface area contributed by atoms with Gasteiger partial charge >= 0.3 is 6.09 Å². The van der Waals surface area contributed by atoms with Crippen LogP contribution in [0, 0.1) is 5.82 Å². The Morgan fingerprint density at radius 3 is 2.93 bits per heavy atom. The largest absolute Gasteiger partial charge is 0.435 e. The number of cyclic esters (lactones) is 1. The lowest BCUT2D eigenvalue weighted by atomic mass is 9.99. The molecule has 2 aliphatic heterocycles. The van der Waals surface area contributed by atoms with Gasteiger partial charge in [-0.1, -0.05) is 0 Å². The Morgan fingerprint density at radius 1 is 1.36 bits per heavy atom. The molecule has 0 spiro atoms. The predicted octanol–water partition coefficient (Wildman–Crippen LogP) is 2.95. The fraction of sp³-hybridized carbons (Fsp3) is 0.389. The Hall–Kier alpha value is -2.88. The summed E-state index contributed by atoms with van der Waals surface area (Å²) >= 11 is 0. The molecule has 7 nitrogen and oxygen atoms in total. The highest BCUT2D eigenvalue weighted by Gasteiger charge is 2.37. The Morgan fingerprint density at radius 2 is 2.18 bits per heavy atom. The van der Waals surface area contributed by atoms with E-state index in [4.69, 9.17) is 4.74 Å². The maximum absolute atomic E-state index is 14.4. The van der Waals surface area contributed by atoms with Crippen LogP contribution >= 0.6 is 0 Å². The van der Waals surface area contributed by atoms with Crippen LogP contribution in [0.25, 0.3) is 11.3 Å². The van der Waals surface area contributed by atoms with E-state index in [9.17, 15) is 18.0 Å². The summed E-state index contributed by atoms with van der Waals surface area (Å²) in [5, 5.41) is 5.60. The number of nitrogens with zero attached hydrogens (tertiary/aromatic N) is 3. The van der Waals surface area contributed by atoms with Crippen molar-refractivity contribution in [3.05, 3.63) is 35.8 Å². The van der Waals surface area contributed by atoms with Crippen LogP contribution in [0.15, 0.2) is 24.4 Å². The summed E-state index contributed by atoms with van der Waals surface area (Å²) in [6.45, 7) is 4.03. The molecule has 0 saturated carbocycles. The van der Waals surface area contributed by atoms with Gasteiger partial charge in [0.05, 0.1) is 11.3 Å². The van der Waals surface area contributed by atoms with Crippen molar-refractivity contribution < 1.29 is 22.7 Å². The summed E-state index contributed by atoms with van der Waals surface area (Å²) < 4.78 is 46.2. The topological polar surface area (TPSA) is 79.4 Å². The molecule has 10 heteroatoms. The Bertz CT molecular complexity index is 911. The molecule has 4 rings (SSSR count). The van der Waals surface area contributed by atoms with Gasteiger partial charge < -0.3 is 15.0 Å². The molecule has 0 radical (unpaired) electrons. The van der Waals surface area contributed by atoms with E-state index >= 15 is 0 Å². The Labute approximate surface area is 158 Å². The van der Waals surface area contributed by atoms with Gasteiger partial charge in [-0.15, -0.1) is 0 Å². The average molecular weight is 393 g/mol. The first-order valence-electron chi connectivity index (χ1n) is 8.83. The Kier molecular flexibility index (Phi) is 4.80. The lowest BCUT2D eigenvalue weighted by Gasteiger charge is -2.33. The van der Waals surface area contributed by atoms with Crippen LogP contribution in [0.1, 0.15) is 18.6 Å². The molecule has 0 aliphatic carbocycles. The van der Waals surface area contributed by atoms with Crippen molar-refractivity contribution in [1.82, 2.24) is 15.3 Å². The molecule has 2 aliphatic rings. The molecular formula is C18H18F3N5O2. The highest BCUT2D eigenvalue weighted by molar-refractivity contribution is 5.89. The number of rotatable bonds is 3. The third-order valence-electron chi connectivity index (χ3n) is 4.70. The van der Waals surface area contributed by atoms with E-state index in [0.29, 0.717) is 18.9 Å². The third-order valence-corrected chi connectivity index (χ3v) is 4.70.